The third-order valence-electron chi connectivity index (χ3n) is 0.985. The molecule has 0 spiro atoms. The van der Waals surface area contributed by atoms with Crippen LogP contribution in [-0.2, 0) is 6.54 Å². The molecule has 0 amide bonds. The second kappa shape index (κ2) is 12.4. The minimum atomic E-state index is 0.600. The van der Waals surface area contributed by atoms with Crippen molar-refractivity contribution < 1.29 is 0 Å². The van der Waals surface area contributed by atoms with Gasteiger partial charge in [-0.05, 0) is 17.7 Å². The first-order valence-corrected chi connectivity index (χ1v) is 3.86. The Morgan fingerprint density at radius 2 is 1.67 bits per heavy atom. The summed E-state index contributed by atoms with van der Waals surface area (Å²) in [4.78, 5) is 3.84. The van der Waals surface area contributed by atoms with E-state index < -0.39 is 0 Å². The van der Waals surface area contributed by atoms with Gasteiger partial charge in [0.1, 0.15) is 0 Å². The van der Waals surface area contributed by atoms with Crippen molar-refractivity contribution in [3.63, 3.8) is 0 Å². The number of terminal acetylenes is 1. The minimum absolute atomic E-state index is 0.600. The van der Waals surface area contributed by atoms with Crippen molar-refractivity contribution >= 4 is 0 Å². The molecule has 12 heavy (non-hydrogen) atoms. The summed E-state index contributed by atoms with van der Waals surface area (Å²) >= 11 is 0. The van der Waals surface area contributed by atoms with E-state index in [1.54, 1.807) is 12.4 Å². The van der Waals surface area contributed by atoms with Crippen LogP contribution in [0.3, 0.4) is 0 Å². The van der Waals surface area contributed by atoms with E-state index in [0.717, 1.165) is 5.56 Å². The molecule has 0 saturated carbocycles. The van der Waals surface area contributed by atoms with E-state index in [2.05, 4.69) is 17.8 Å². The van der Waals surface area contributed by atoms with Crippen molar-refractivity contribution in [2.24, 2.45) is 5.73 Å². The average Bonchev–Trinajstić information content (AvgIpc) is 2.25. The Hall–Kier alpha value is -1.33. The SMILES string of the molecule is C#C.CC.NCc1ccncc1. The van der Waals surface area contributed by atoms with Crippen molar-refractivity contribution in [2.45, 2.75) is 20.4 Å². The van der Waals surface area contributed by atoms with E-state index in [0.29, 0.717) is 6.54 Å². The first kappa shape index (κ1) is 13.3. The van der Waals surface area contributed by atoms with Gasteiger partial charge in [-0.25, -0.2) is 0 Å². The van der Waals surface area contributed by atoms with Crippen LogP contribution in [0.2, 0.25) is 0 Å². The standard InChI is InChI=1S/C6H8N2.C2H6.C2H2/c7-5-6-1-3-8-4-2-6;2*1-2/h1-4H,5,7H2;1-2H3;1-2H. The first-order valence-electron chi connectivity index (χ1n) is 3.86. The number of hydrogen-bond donors (Lipinski definition) is 1. The van der Waals surface area contributed by atoms with Crippen LogP contribution in [0.1, 0.15) is 19.4 Å². The lowest BCUT2D eigenvalue weighted by molar-refractivity contribution is 1.06. The quantitative estimate of drug-likeness (QED) is 0.643. The molecule has 0 radical (unpaired) electrons. The van der Waals surface area contributed by atoms with Crippen molar-refractivity contribution in [1.29, 1.82) is 0 Å². The molecule has 0 aliphatic carbocycles. The Morgan fingerprint density at radius 3 is 1.92 bits per heavy atom. The lowest BCUT2D eigenvalue weighted by atomic mass is 10.3. The van der Waals surface area contributed by atoms with E-state index >= 15 is 0 Å². The maximum absolute atomic E-state index is 5.32. The predicted molar refractivity (Wildman–Crippen MR) is 53.4 cm³/mol. The van der Waals surface area contributed by atoms with Gasteiger partial charge in [0.05, 0.1) is 0 Å². The smallest absolute Gasteiger partial charge is 0.0271 e. The molecule has 0 unspecified atom stereocenters. The van der Waals surface area contributed by atoms with Gasteiger partial charge in [0, 0.05) is 18.9 Å². The summed E-state index contributed by atoms with van der Waals surface area (Å²) < 4.78 is 0. The first-order chi connectivity index (χ1) is 5.93. The van der Waals surface area contributed by atoms with Crippen LogP contribution in [0.4, 0.5) is 0 Å². The average molecular weight is 164 g/mol. The molecule has 1 aromatic heterocycles. The highest BCUT2D eigenvalue weighted by Gasteiger charge is 1.80. The van der Waals surface area contributed by atoms with E-state index in [1.807, 2.05) is 26.0 Å². The fraction of sp³-hybridized carbons (Fsp3) is 0.300. The maximum Gasteiger partial charge on any atom is 0.0271 e. The zero-order chi connectivity index (χ0) is 9.82. The van der Waals surface area contributed by atoms with Gasteiger partial charge in [-0.1, -0.05) is 13.8 Å². The van der Waals surface area contributed by atoms with Crippen molar-refractivity contribution in [3.05, 3.63) is 30.1 Å². The molecule has 0 fully saturated rings. The Labute approximate surface area is 74.8 Å². The van der Waals surface area contributed by atoms with Crippen LogP contribution in [-0.4, -0.2) is 4.98 Å². The summed E-state index contributed by atoms with van der Waals surface area (Å²) in [5.41, 5.74) is 6.45. The Balaban J connectivity index is 0. The van der Waals surface area contributed by atoms with Gasteiger partial charge in [-0.2, -0.15) is 0 Å². The molecule has 1 aromatic rings. The molecule has 0 atom stereocenters. The van der Waals surface area contributed by atoms with Gasteiger partial charge >= 0.3 is 0 Å². The molecule has 0 bridgehead atoms. The summed E-state index contributed by atoms with van der Waals surface area (Å²) in [5, 5.41) is 0. The highest BCUT2D eigenvalue weighted by molar-refractivity contribution is 5.08. The highest BCUT2D eigenvalue weighted by Crippen LogP contribution is 1.91. The van der Waals surface area contributed by atoms with Gasteiger partial charge in [-0.3, -0.25) is 4.98 Å². The zero-order valence-corrected chi connectivity index (χ0v) is 7.70. The Morgan fingerprint density at radius 1 is 1.25 bits per heavy atom. The number of pyridine rings is 1. The van der Waals surface area contributed by atoms with Gasteiger partial charge < -0.3 is 5.73 Å². The molecular formula is C10H16N2. The van der Waals surface area contributed by atoms with Gasteiger partial charge in [-0.15, -0.1) is 12.8 Å². The van der Waals surface area contributed by atoms with E-state index in [1.165, 1.54) is 0 Å². The van der Waals surface area contributed by atoms with Crippen LogP contribution >= 0.6 is 0 Å². The van der Waals surface area contributed by atoms with Gasteiger partial charge in [0.2, 0.25) is 0 Å². The molecule has 2 nitrogen and oxygen atoms in total. The van der Waals surface area contributed by atoms with E-state index in [9.17, 15) is 0 Å². The molecule has 0 aliphatic rings. The Bertz CT molecular complexity index is 180. The molecule has 66 valence electrons. The number of hydrogen-bond acceptors (Lipinski definition) is 2. The molecule has 0 saturated heterocycles. The van der Waals surface area contributed by atoms with Crippen LogP contribution in [0.25, 0.3) is 0 Å². The van der Waals surface area contributed by atoms with Crippen molar-refractivity contribution in [3.8, 4) is 12.8 Å². The Kier molecular flexibility index (Phi) is 13.7. The fourth-order valence-corrected chi connectivity index (χ4v) is 0.519. The normalized spacial score (nSPS) is 6.75. The molecule has 1 heterocycles. The predicted octanol–water partition coefficient (Wildman–Crippen LogP) is 1.82. The maximum atomic E-state index is 5.32. The third kappa shape index (κ3) is 6.79. The van der Waals surface area contributed by atoms with Gasteiger partial charge in [0.15, 0.2) is 0 Å². The second-order valence-corrected chi connectivity index (χ2v) is 1.56. The third-order valence-corrected chi connectivity index (χ3v) is 0.985. The number of nitrogens with two attached hydrogens (primary N) is 1. The second-order valence-electron chi connectivity index (χ2n) is 1.56. The van der Waals surface area contributed by atoms with Gasteiger partial charge in [0.25, 0.3) is 0 Å². The fourth-order valence-electron chi connectivity index (χ4n) is 0.519. The zero-order valence-electron chi connectivity index (χ0n) is 7.70. The van der Waals surface area contributed by atoms with E-state index in [-0.39, 0.29) is 0 Å². The molecule has 0 aromatic carbocycles. The lowest BCUT2D eigenvalue weighted by Gasteiger charge is -1.89. The topological polar surface area (TPSA) is 38.9 Å². The number of nitrogens with zero attached hydrogens (tertiary/aromatic N) is 1. The van der Waals surface area contributed by atoms with Crippen LogP contribution in [0, 0.1) is 12.8 Å². The summed E-state index contributed by atoms with van der Waals surface area (Å²) in [6.07, 6.45) is 11.5. The van der Waals surface area contributed by atoms with Crippen LogP contribution in [0.5, 0.6) is 0 Å². The molecule has 2 N–H and O–H groups in total. The molecule has 1 rings (SSSR count). The summed E-state index contributed by atoms with van der Waals surface area (Å²) in [6.45, 7) is 4.60. The lowest BCUT2D eigenvalue weighted by Crippen LogP contribution is -1.94. The molecule has 2 heteroatoms. The van der Waals surface area contributed by atoms with Crippen molar-refractivity contribution in [2.75, 3.05) is 0 Å². The van der Waals surface area contributed by atoms with Crippen molar-refractivity contribution in [1.82, 2.24) is 4.98 Å². The summed E-state index contributed by atoms with van der Waals surface area (Å²) in [5.74, 6) is 0. The largest absolute Gasteiger partial charge is 0.326 e. The monoisotopic (exact) mass is 164 g/mol. The van der Waals surface area contributed by atoms with Crippen LogP contribution < -0.4 is 5.73 Å². The number of rotatable bonds is 1. The number of aromatic nitrogens is 1. The van der Waals surface area contributed by atoms with Crippen LogP contribution in [0.15, 0.2) is 24.5 Å². The molecular weight excluding hydrogens is 148 g/mol. The summed E-state index contributed by atoms with van der Waals surface area (Å²) in [6, 6.07) is 3.81. The highest BCUT2D eigenvalue weighted by atomic mass is 14.6. The minimum Gasteiger partial charge on any atom is -0.326 e. The summed E-state index contributed by atoms with van der Waals surface area (Å²) in [7, 11) is 0. The van der Waals surface area contributed by atoms with E-state index in [4.69, 9.17) is 5.73 Å². The molecule has 0 aliphatic heterocycles.